The molecule has 1 unspecified atom stereocenters. The van der Waals surface area contributed by atoms with Crippen LogP contribution in [0.5, 0.6) is 17.2 Å². The molecule has 0 saturated heterocycles. The molecule has 2 rings (SSSR count). The Balaban J connectivity index is 2.73. The number of phenols is 2. The first-order valence-corrected chi connectivity index (χ1v) is 6.92. The van der Waals surface area contributed by atoms with Gasteiger partial charge in [0.25, 0.3) is 0 Å². The number of allylic oxidation sites excluding steroid dienone is 4. The molecule has 0 spiro atoms. The highest BCUT2D eigenvalue weighted by Crippen LogP contribution is 2.50. The van der Waals surface area contributed by atoms with Crippen LogP contribution in [0.1, 0.15) is 30.9 Å². The van der Waals surface area contributed by atoms with E-state index in [2.05, 4.69) is 0 Å². The van der Waals surface area contributed by atoms with Crippen LogP contribution in [0, 0.1) is 0 Å². The lowest BCUT2D eigenvalue weighted by Crippen LogP contribution is -2.27. The van der Waals surface area contributed by atoms with Crippen LogP contribution in [-0.4, -0.2) is 27.8 Å². The van der Waals surface area contributed by atoms with Crippen LogP contribution in [-0.2, 0) is 11.2 Å². The molecule has 0 bridgehead atoms. The first-order valence-electron chi connectivity index (χ1n) is 6.92. The van der Waals surface area contributed by atoms with Crippen molar-refractivity contribution in [3.8, 4) is 17.2 Å². The highest BCUT2D eigenvalue weighted by Gasteiger charge is 2.46. The normalized spacial score (nSPS) is 17.1. The summed E-state index contributed by atoms with van der Waals surface area (Å²) in [5.41, 5.74) is 0.504. The maximum atomic E-state index is 13.0. The molecule has 1 aromatic rings. The molecule has 1 aliphatic rings. The summed E-state index contributed by atoms with van der Waals surface area (Å²) in [6.45, 7) is 3.51. The quantitative estimate of drug-likeness (QED) is 0.576. The number of carbonyl (C=O) groups excluding carboxylic acids is 1. The number of aldehydes is 1. The predicted molar refractivity (Wildman–Crippen MR) is 78.0 cm³/mol. The van der Waals surface area contributed by atoms with Gasteiger partial charge in [0.2, 0.25) is 5.76 Å². The number of fused-ring (bicyclic) bond motifs is 1. The van der Waals surface area contributed by atoms with Crippen molar-refractivity contribution in [3.05, 3.63) is 40.4 Å². The van der Waals surface area contributed by atoms with Crippen LogP contribution >= 0.6 is 0 Å². The van der Waals surface area contributed by atoms with E-state index in [-0.39, 0.29) is 23.8 Å². The summed E-state index contributed by atoms with van der Waals surface area (Å²) in [7, 11) is 0. The van der Waals surface area contributed by atoms with Gasteiger partial charge in [0, 0.05) is 11.6 Å². The molecular formula is C16H15F3O5. The number of aliphatic hydroxyl groups is 1. The number of halogens is 3. The molecule has 1 aliphatic heterocycles. The Morgan fingerprint density at radius 2 is 1.88 bits per heavy atom. The van der Waals surface area contributed by atoms with Crippen LogP contribution in [0.15, 0.2) is 29.2 Å². The number of aliphatic hydroxyl groups excluding tert-OH is 1. The Morgan fingerprint density at radius 1 is 1.25 bits per heavy atom. The van der Waals surface area contributed by atoms with Crippen LogP contribution in [0.4, 0.5) is 13.2 Å². The summed E-state index contributed by atoms with van der Waals surface area (Å²) in [5, 5.41) is 29.6. The average Bonchev–Trinajstić information content (AvgIpc) is 2.45. The molecule has 0 radical (unpaired) electrons. The molecule has 5 nitrogen and oxygen atoms in total. The van der Waals surface area contributed by atoms with E-state index >= 15 is 0 Å². The second-order valence-corrected chi connectivity index (χ2v) is 5.55. The number of ether oxygens (including phenoxy) is 1. The van der Waals surface area contributed by atoms with Gasteiger partial charge in [0.05, 0.1) is 5.56 Å². The minimum atomic E-state index is -5.04. The molecule has 0 fully saturated rings. The highest BCUT2D eigenvalue weighted by atomic mass is 19.4. The van der Waals surface area contributed by atoms with Gasteiger partial charge in [-0.05, 0) is 20.3 Å². The van der Waals surface area contributed by atoms with E-state index in [0.29, 0.717) is 0 Å². The molecule has 3 N–H and O–H groups in total. The fourth-order valence-electron chi connectivity index (χ4n) is 2.38. The molecule has 0 aromatic heterocycles. The summed E-state index contributed by atoms with van der Waals surface area (Å²) >= 11 is 0. The highest BCUT2D eigenvalue weighted by molar-refractivity contribution is 5.75. The zero-order valence-corrected chi connectivity index (χ0v) is 12.8. The standard InChI is InChI=1S/C16H15F3O5/c1-7(2)3-4-8-10(21)5-11(22)12-9(6-20)13(23)15(16(17,18)19)24-14(8)12/h3,5-6,9,21-23H,4H2,1-2H3. The number of benzene rings is 1. The van der Waals surface area contributed by atoms with E-state index in [4.69, 9.17) is 4.74 Å². The molecule has 130 valence electrons. The zero-order chi connectivity index (χ0) is 18.2. The third-order valence-electron chi connectivity index (χ3n) is 3.53. The maximum absolute atomic E-state index is 13.0. The van der Waals surface area contributed by atoms with Gasteiger partial charge < -0.3 is 24.9 Å². The first-order chi connectivity index (χ1) is 11.1. The monoisotopic (exact) mass is 344 g/mol. The fourth-order valence-corrected chi connectivity index (χ4v) is 2.38. The summed E-state index contributed by atoms with van der Waals surface area (Å²) in [5.74, 6) is -6.41. The fraction of sp³-hybridized carbons (Fsp3) is 0.312. The van der Waals surface area contributed by atoms with E-state index in [9.17, 15) is 33.3 Å². The third-order valence-corrected chi connectivity index (χ3v) is 3.53. The molecule has 1 atom stereocenters. The lowest BCUT2D eigenvalue weighted by atomic mass is 9.90. The summed E-state index contributed by atoms with van der Waals surface area (Å²) < 4.78 is 43.9. The Labute approximate surface area is 135 Å². The van der Waals surface area contributed by atoms with Gasteiger partial charge in [-0.25, -0.2) is 0 Å². The maximum Gasteiger partial charge on any atom is 0.453 e. The smallest absolute Gasteiger partial charge is 0.453 e. The Kier molecular flexibility index (Phi) is 4.50. The largest absolute Gasteiger partial charge is 0.507 e. The lowest BCUT2D eigenvalue weighted by molar-refractivity contribution is -0.123. The molecular weight excluding hydrogens is 329 g/mol. The summed E-state index contributed by atoms with van der Waals surface area (Å²) in [4.78, 5) is 11.2. The van der Waals surface area contributed by atoms with Crippen LogP contribution < -0.4 is 4.74 Å². The van der Waals surface area contributed by atoms with Gasteiger partial charge in [-0.15, -0.1) is 0 Å². The van der Waals surface area contributed by atoms with Crippen molar-refractivity contribution >= 4 is 6.29 Å². The van der Waals surface area contributed by atoms with Crippen molar-refractivity contribution in [1.29, 1.82) is 0 Å². The second-order valence-electron chi connectivity index (χ2n) is 5.55. The molecule has 0 aliphatic carbocycles. The molecule has 8 heteroatoms. The van der Waals surface area contributed by atoms with Crippen molar-refractivity contribution in [2.24, 2.45) is 0 Å². The van der Waals surface area contributed by atoms with Gasteiger partial charge in [-0.1, -0.05) is 11.6 Å². The number of hydrogen-bond acceptors (Lipinski definition) is 5. The Hall–Kier alpha value is -2.64. The minimum absolute atomic E-state index is 0.0221. The van der Waals surface area contributed by atoms with Gasteiger partial charge >= 0.3 is 6.18 Å². The number of aromatic hydroxyl groups is 2. The van der Waals surface area contributed by atoms with E-state index in [0.717, 1.165) is 11.6 Å². The van der Waals surface area contributed by atoms with E-state index in [1.807, 2.05) is 0 Å². The molecule has 0 saturated carbocycles. The average molecular weight is 344 g/mol. The number of carbonyl (C=O) groups is 1. The van der Waals surface area contributed by atoms with Crippen molar-refractivity contribution in [3.63, 3.8) is 0 Å². The van der Waals surface area contributed by atoms with Gasteiger partial charge in [0.1, 0.15) is 29.5 Å². The molecule has 0 amide bonds. The van der Waals surface area contributed by atoms with Gasteiger partial charge in [0.15, 0.2) is 5.76 Å². The van der Waals surface area contributed by atoms with Crippen molar-refractivity contribution < 1.29 is 38.0 Å². The van der Waals surface area contributed by atoms with Gasteiger partial charge in [-0.3, -0.25) is 0 Å². The predicted octanol–water partition coefficient (Wildman–Crippen LogP) is 3.61. The second kappa shape index (κ2) is 6.10. The van der Waals surface area contributed by atoms with Gasteiger partial charge in [-0.2, -0.15) is 13.2 Å². The summed E-state index contributed by atoms with van der Waals surface area (Å²) in [6.07, 6.45) is -3.31. The number of phenolic OH excluding ortho intramolecular Hbond substituents is 2. The van der Waals surface area contributed by atoms with Crippen LogP contribution in [0.25, 0.3) is 0 Å². The first kappa shape index (κ1) is 17.7. The van der Waals surface area contributed by atoms with Crippen LogP contribution in [0.3, 0.4) is 0 Å². The SMILES string of the molecule is CC(C)=CCc1c(O)cc(O)c2c1OC(C(F)(F)F)=C(O)C2C=O. The van der Waals surface area contributed by atoms with Crippen molar-refractivity contribution in [2.75, 3.05) is 0 Å². The third kappa shape index (κ3) is 3.04. The number of alkyl halides is 3. The Morgan fingerprint density at radius 3 is 2.38 bits per heavy atom. The van der Waals surface area contributed by atoms with E-state index in [1.54, 1.807) is 19.9 Å². The van der Waals surface area contributed by atoms with Crippen molar-refractivity contribution in [1.82, 2.24) is 0 Å². The van der Waals surface area contributed by atoms with E-state index in [1.165, 1.54) is 0 Å². The minimum Gasteiger partial charge on any atom is -0.507 e. The number of hydrogen-bond donors (Lipinski definition) is 3. The van der Waals surface area contributed by atoms with Crippen LogP contribution in [0.2, 0.25) is 0 Å². The zero-order valence-electron chi connectivity index (χ0n) is 12.8. The number of rotatable bonds is 3. The van der Waals surface area contributed by atoms with E-state index < -0.39 is 40.9 Å². The summed E-state index contributed by atoms with van der Waals surface area (Å²) in [6, 6.07) is 0.902. The topological polar surface area (TPSA) is 87.0 Å². The molecule has 1 heterocycles. The van der Waals surface area contributed by atoms with Crippen molar-refractivity contribution in [2.45, 2.75) is 32.4 Å². The molecule has 1 aromatic carbocycles. The Bertz CT molecular complexity index is 743. The lowest BCUT2D eigenvalue weighted by Gasteiger charge is -2.28. The molecule has 24 heavy (non-hydrogen) atoms.